The normalized spacial score (nSPS) is 12.2. The summed E-state index contributed by atoms with van der Waals surface area (Å²) in [5, 5.41) is 3.43. The van der Waals surface area contributed by atoms with Crippen LogP contribution in [0.5, 0.6) is 5.75 Å². The third-order valence-corrected chi connectivity index (χ3v) is 7.75. The molecular formula is C31H21F3N2O5S. The lowest BCUT2D eigenvalue weighted by molar-refractivity contribution is -0.0499. The standard InChI is InChI=1S/C31H21F3N2O5S/c1-2-40-30(37)19-15-17-20(18-16-19)36-28-24-12-6-4-10-22(24)21-9-3-5-11-23(21)27(28)35-29(36)25-13-7-8-14-26(25)41-42(38,39)31(32,33)34/h3-18H,2H2,1H3. The maximum absolute atomic E-state index is 13.3. The van der Waals surface area contributed by atoms with Crippen LogP contribution in [0, 0.1) is 0 Å². The van der Waals surface area contributed by atoms with Crippen LogP contribution >= 0.6 is 0 Å². The van der Waals surface area contributed by atoms with Crippen molar-refractivity contribution in [2.45, 2.75) is 12.4 Å². The Bertz CT molecular complexity index is 2100. The van der Waals surface area contributed by atoms with Gasteiger partial charge in [-0.2, -0.15) is 21.6 Å². The van der Waals surface area contributed by atoms with Gasteiger partial charge in [-0.25, -0.2) is 9.78 Å². The number of benzene rings is 5. The van der Waals surface area contributed by atoms with Crippen molar-refractivity contribution in [3.63, 3.8) is 0 Å². The van der Waals surface area contributed by atoms with Gasteiger partial charge in [-0.3, -0.25) is 4.57 Å². The first-order valence-corrected chi connectivity index (χ1v) is 14.2. The molecule has 0 aliphatic heterocycles. The van der Waals surface area contributed by atoms with Gasteiger partial charge in [-0.05, 0) is 54.1 Å². The molecular weight excluding hydrogens is 569 g/mol. The van der Waals surface area contributed by atoms with E-state index in [0.29, 0.717) is 22.3 Å². The molecule has 0 atom stereocenters. The summed E-state index contributed by atoms with van der Waals surface area (Å²) >= 11 is 0. The second-order valence-corrected chi connectivity index (χ2v) is 10.8. The topological polar surface area (TPSA) is 87.5 Å². The van der Waals surface area contributed by atoms with Crippen LogP contribution in [0.3, 0.4) is 0 Å². The molecule has 1 heterocycles. The van der Waals surface area contributed by atoms with E-state index in [2.05, 4.69) is 4.18 Å². The van der Waals surface area contributed by atoms with Gasteiger partial charge in [-0.15, -0.1) is 0 Å². The summed E-state index contributed by atoms with van der Waals surface area (Å²) in [6.45, 7) is 1.90. The molecule has 0 bridgehead atoms. The zero-order chi connectivity index (χ0) is 29.6. The van der Waals surface area contributed by atoms with Gasteiger partial charge >= 0.3 is 21.6 Å². The molecule has 0 radical (unpaired) electrons. The quantitative estimate of drug-likeness (QED) is 0.0869. The lowest BCUT2D eigenvalue weighted by atomic mass is 10.00. The molecule has 11 heteroatoms. The number of alkyl halides is 3. The van der Waals surface area contributed by atoms with Crippen LogP contribution in [0.2, 0.25) is 0 Å². The summed E-state index contributed by atoms with van der Waals surface area (Å²) in [4.78, 5) is 17.2. The van der Waals surface area contributed by atoms with Crippen molar-refractivity contribution in [2.75, 3.05) is 6.61 Å². The fourth-order valence-corrected chi connectivity index (χ4v) is 5.46. The van der Waals surface area contributed by atoms with Gasteiger partial charge in [-0.1, -0.05) is 60.7 Å². The second-order valence-electron chi connectivity index (χ2n) is 9.31. The molecule has 0 spiro atoms. The number of hydrogen-bond donors (Lipinski definition) is 0. The summed E-state index contributed by atoms with van der Waals surface area (Å²) in [6.07, 6.45) is 0. The molecule has 0 N–H and O–H groups in total. The maximum Gasteiger partial charge on any atom is 0.534 e. The van der Waals surface area contributed by atoms with Crippen molar-refractivity contribution in [3.8, 4) is 22.8 Å². The third-order valence-electron chi connectivity index (χ3n) is 6.78. The highest BCUT2D eigenvalue weighted by Gasteiger charge is 2.49. The fraction of sp³-hybridized carbons (Fsp3) is 0.0968. The van der Waals surface area contributed by atoms with Crippen molar-refractivity contribution in [1.82, 2.24) is 9.55 Å². The molecule has 212 valence electrons. The van der Waals surface area contributed by atoms with Crippen molar-refractivity contribution in [1.29, 1.82) is 0 Å². The average Bonchev–Trinajstić information content (AvgIpc) is 3.38. The lowest BCUT2D eigenvalue weighted by Crippen LogP contribution is -2.28. The van der Waals surface area contributed by atoms with E-state index in [9.17, 15) is 26.4 Å². The molecule has 0 unspecified atom stereocenters. The van der Waals surface area contributed by atoms with E-state index in [0.717, 1.165) is 27.6 Å². The summed E-state index contributed by atoms with van der Waals surface area (Å²) in [6, 6.07) is 27.2. The summed E-state index contributed by atoms with van der Waals surface area (Å²) in [5.41, 5.74) is -3.60. The van der Waals surface area contributed by atoms with Gasteiger partial charge in [0.25, 0.3) is 0 Å². The van der Waals surface area contributed by atoms with Crippen LogP contribution < -0.4 is 4.18 Å². The lowest BCUT2D eigenvalue weighted by Gasteiger charge is -2.15. The van der Waals surface area contributed by atoms with Crippen LogP contribution in [-0.2, 0) is 14.9 Å². The van der Waals surface area contributed by atoms with E-state index in [1.807, 2.05) is 48.5 Å². The summed E-state index contributed by atoms with van der Waals surface area (Å²) < 4.78 is 75.4. The molecule has 0 saturated carbocycles. The van der Waals surface area contributed by atoms with Gasteiger partial charge in [0.2, 0.25) is 0 Å². The monoisotopic (exact) mass is 590 g/mol. The van der Waals surface area contributed by atoms with E-state index >= 15 is 0 Å². The van der Waals surface area contributed by atoms with Crippen molar-refractivity contribution < 1.29 is 35.3 Å². The zero-order valence-electron chi connectivity index (χ0n) is 21.9. The minimum absolute atomic E-state index is 0.0177. The smallest absolute Gasteiger partial charge is 0.462 e. The van der Waals surface area contributed by atoms with Crippen LogP contribution in [0.1, 0.15) is 17.3 Å². The SMILES string of the molecule is CCOC(=O)c1ccc(-n2c(-c3ccccc3OS(=O)(=O)C(F)(F)F)nc3c4ccccc4c4ccccc4c32)cc1. The average molecular weight is 591 g/mol. The number of nitrogens with zero attached hydrogens (tertiary/aromatic N) is 2. The molecule has 0 aliphatic carbocycles. The predicted molar refractivity (Wildman–Crippen MR) is 153 cm³/mol. The van der Waals surface area contributed by atoms with Gasteiger partial charge in [0.15, 0.2) is 5.75 Å². The second kappa shape index (κ2) is 10.2. The molecule has 0 saturated heterocycles. The highest BCUT2D eigenvalue weighted by molar-refractivity contribution is 7.88. The van der Waals surface area contributed by atoms with Crippen LogP contribution in [0.25, 0.3) is 49.7 Å². The van der Waals surface area contributed by atoms with E-state index in [1.54, 1.807) is 41.8 Å². The number of carbonyl (C=O) groups excluding carboxylic acids is 1. The van der Waals surface area contributed by atoms with Gasteiger partial charge in [0, 0.05) is 16.5 Å². The predicted octanol–water partition coefficient (Wildman–Crippen LogP) is 7.40. The van der Waals surface area contributed by atoms with Crippen molar-refractivity contribution >= 4 is 48.7 Å². The Balaban J connectivity index is 1.70. The van der Waals surface area contributed by atoms with Gasteiger partial charge in [0.05, 0.1) is 28.8 Å². The number of imidazole rings is 1. The van der Waals surface area contributed by atoms with Crippen LogP contribution in [0.4, 0.5) is 13.2 Å². The minimum atomic E-state index is -5.97. The molecule has 0 amide bonds. The Morgan fingerprint density at radius 3 is 2.02 bits per heavy atom. The Kier molecular flexibility index (Phi) is 6.61. The van der Waals surface area contributed by atoms with Crippen molar-refractivity contribution in [3.05, 3.63) is 103 Å². The minimum Gasteiger partial charge on any atom is -0.462 e. The van der Waals surface area contributed by atoms with Gasteiger partial charge < -0.3 is 8.92 Å². The molecule has 0 fully saturated rings. The molecule has 1 aromatic heterocycles. The van der Waals surface area contributed by atoms with E-state index in [4.69, 9.17) is 9.72 Å². The van der Waals surface area contributed by atoms with Gasteiger partial charge in [0.1, 0.15) is 5.82 Å². The Morgan fingerprint density at radius 1 is 0.810 bits per heavy atom. The Hall–Kier alpha value is -4.90. The Morgan fingerprint density at radius 2 is 1.38 bits per heavy atom. The molecule has 0 aliphatic rings. The van der Waals surface area contributed by atoms with Crippen molar-refractivity contribution in [2.24, 2.45) is 0 Å². The number of para-hydroxylation sites is 1. The first kappa shape index (κ1) is 27.3. The number of halogens is 3. The molecule has 6 aromatic rings. The largest absolute Gasteiger partial charge is 0.534 e. The van der Waals surface area contributed by atoms with E-state index < -0.39 is 27.3 Å². The number of carbonyl (C=O) groups is 1. The summed E-state index contributed by atoms with van der Waals surface area (Å²) in [5.74, 6) is -0.904. The number of fused-ring (bicyclic) bond motifs is 6. The highest BCUT2D eigenvalue weighted by Crippen LogP contribution is 2.41. The third kappa shape index (κ3) is 4.51. The zero-order valence-corrected chi connectivity index (χ0v) is 22.7. The first-order valence-electron chi connectivity index (χ1n) is 12.8. The first-order chi connectivity index (χ1) is 20.1. The number of aromatic nitrogens is 2. The summed E-state index contributed by atoms with van der Waals surface area (Å²) in [7, 11) is -5.97. The molecule has 5 aromatic carbocycles. The van der Waals surface area contributed by atoms with Crippen LogP contribution in [0.15, 0.2) is 97.1 Å². The highest BCUT2D eigenvalue weighted by atomic mass is 32.2. The van der Waals surface area contributed by atoms with E-state index in [1.165, 1.54) is 12.1 Å². The number of hydrogen-bond acceptors (Lipinski definition) is 6. The maximum atomic E-state index is 13.3. The van der Waals surface area contributed by atoms with E-state index in [-0.39, 0.29) is 18.0 Å². The Labute approximate surface area is 237 Å². The molecule has 6 rings (SSSR count). The molecule has 7 nitrogen and oxygen atoms in total. The fourth-order valence-electron chi connectivity index (χ4n) is 4.99. The number of esters is 1. The number of ether oxygens (including phenoxy) is 1. The molecule has 42 heavy (non-hydrogen) atoms. The number of rotatable bonds is 6. The van der Waals surface area contributed by atoms with Crippen LogP contribution in [-0.4, -0.2) is 36.1 Å².